The highest BCUT2D eigenvalue weighted by molar-refractivity contribution is 5.73. The summed E-state index contributed by atoms with van der Waals surface area (Å²) in [6.45, 7) is 5.98. The van der Waals surface area contributed by atoms with Crippen molar-refractivity contribution in [2.45, 2.75) is 26.8 Å². The van der Waals surface area contributed by atoms with E-state index in [4.69, 9.17) is 5.73 Å². The molecule has 19 heavy (non-hydrogen) atoms. The summed E-state index contributed by atoms with van der Waals surface area (Å²) in [5, 5.41) is 4.45. The fourth-order valence-electron chi connectivity index (χ4n) is 2.03. The molecule has 0 atom stereocenters. The molecule has 2 N–H and O–H groups in total. The van der Waals surface area contributed by atoms with Crippen molar-refractivity contribution in [2.75, 3.05) is 17.7 Å². The van der Waals surface area contributed by atoms with E-state index in [-0.39, 0.29) is 11.9 Å². The zero-order valence-electron chi connectivity index (χ0n) is 11.7. The van der Waals surface area contributed by atoms with Gasteiger partial charge in [0, 0.05) is 18.8 Å². The van der Waals surface area contributed by atoms with Crippen LogP contribution in [0.4, 0.5) is 21.6 Å². The minimum absolute atomic E-state index is 0.203. The average molecular weight is 262 g/mol. The predicted octanol–water partition coefficient (Wildman–Crippen LogP) is 3.26. The summed E-state index contributed by atoms with van der Waals surface area (Å²) in [6.07, 6.45) is 0. The number of halogens is 1. The van der Waals surface area contributed by atoms with Gasteiger partial charge < -0.3 is 10.6 Å². The molecular formula is C14H19FN4. The van der Waals surface area contributed by atoms with E-state index in [0.717, 1.165) is 17.2 Å². The van der Waals surface area contributed by atoms with E-state index in [1.54, 1.807) is 12.1 Å². The maximum atomic E-state index is 13.0. The second kappa shape index (κ2) is 4.91. The number of hydrogen-bond donors (Lipinski definition) is 1. The van der Waals surface area contributed by atoms with Gasteiger partial charge in [-0.3, -0.25) is 0 Å². The van der Waals surface area contributed by atoms with Crippen LogP contribution in [0.25, 0.3) is 0 Å². The minimum Gasteiger partial charge on any atom is -0.394 e. The van der Waals surface area contributed by atoms with Crippen LogP contribution >= 0.6 is 0 Å². The average Bonchev–Trinajstić information content (AvgIpc) is 2.66. The summed E-state index contributed by atoms with van der Waals surface area (Å²) >= 11 is 0. The van der Waals surface area contributed by atoms with E-state index in [2.05, 4.69) is 5.10 Å². The number of nitrogens with two attached hydrogens (primary N) is 1. The Balaban J connectivity index is 2.48. The van der Waals surface area contributed by atoms with Crippen LogP contribution in [-0.2, 0) is 0 Å². The Kier molecular flexibility index (Phi) is 3.46. The molecule has 4 nitrogen and oxygen atoms in total. The molecule has 0 saturated heterocycles. The third-order valence-electron chi connectivity index (χ3n) is 3.13. The van der Waals surface area contributed by atoms with Crippen LogP contribution in [-0.4, -0.2) is 16.8 Å². The van der Waals surface area contributed by atoms with Crippen molar-refractivity contribution in [2.24, 2.45) is 0 Å². The molecule has 5 heteroatoms. The number of aromatic nitrogens is 2. The summed E-state index contributed by atoms with van der Waals surface area (Å²) in [4.78, 5) is 1.93. The van der Waals surface area contributed by atoms with Gasteiger partial charge in [0.2, 0.25) is 0 Å². The smallest absolute Gasteiger partial charge is 0.155 e. The Morgan fingerprint density at radius 3 is 2.37 bits per heavy atom. The normalized spacial score (nSPS) is 11.1. The summed E-state index contributed by atoms with van der Waals surface area (Å²) in [6, 6.07) is 6.52. The number of rotatable bonds is 3. The molecule has 102 valence electrons. The van der Waals surface area contributed by atoms with Crippen molar-refractivity contribution >= 4 is 17.2 Å². The molecule has 2 aromatic rings. The van der Waals surface area contributed by atoms with Gasteiger partial charge in [-0.15, -0.1) is 0 Å². The number of hydrogen-bond acceptors (Lipinski definition) is 3. The number of anilines is 3. The van der Waals surface area contributed by atoms with Gasteiger partial charge in [-0.1, -0.05) is 0 Å². The number of aryl methyl sites for hydroxylation is 1. The molecule has 0 radical (unpaired) electrons. The molecular weight excluding hydrogens is 243 g/mol. The SMILES string of the molecule is Cc1nn(C(C)C)c(N(C)c2ccc(F)cc2)c1N. The van der Waals surface area contributed by atoms with Gasteiger partial charge in [0.25, 0.3) is 0 Å². The van der Waals surface area contributed by atoms with Crippen LogP contribution in [0.15, 0.2) is 24.3 Å². The topological polar surface area (TPSA) is 47.1 Å². The lowest BCUT2D eigenvalue weighted by Crippen LogP contribution is -2.17. The van der Waals surface area contributed by atoms with E-state index in [1.807, 2.05) is 37.4 Å². The Labute approximate surface area is 112 Å². The van der Waals surface area contributed by atoms with Crippen LogP contribution in [0.2, 0.25) is 0 Å². The van der Waals surface area contributed by atoms with Gasteiger partial charge in [0.15, 0.2) is 5.82 Å². The first kappa shape index (κ1) is 13.4. The van der Waals surface area contributed by atoms with Gasteiger partial charge in [0.05, 0.1) is 11.4 Å². The van der Waals surface area contributed by atoms with Crippen LogP contribution in [0.3, 0.4) is 0 Å². The zero-order valence-corrected chi connectivity index (χ0v) is 11.7. The maximum absolute atomic E-state index is 13.0. The standard InChI is InChI=1S/C14H19FN4/c1-9(2)19-14(13(16)10(3)17-19)18(4)12-7-5-11(15)6-8-12/h5-9H,16H2,1-4H3. The third-order valence-corrected chi connectivity index (χ3v) is 3.13. The van der Waals surface area contributed by atoms with Crippen molar-refractivity contribution in [3.63, 3.8) is 0 Å². The molecule has 2 rings (SSSR count). The van der Waals surface area contributed by atoms with E-state index < -0.39 is 0 Å². The molecule has 0 aliphatic heterocycles. The highest BCUT2D eigenvalue weighted by atomic mass is 19.1. The Bertz CT molecular complexity index is 572. The lowest BCUT2D eigenvalue weighted by molar-refractivity contribution is 0.531. The number of nitrogen functional groups attached to an aromatic ring is 1. The fourth-order valence-corrected chi connectivity index (χ4v) is 2.03. The highest BCUT2D eigenvalue weighted by Gasteiger charge is 2.19. The van der Waals surface area contributed by atoms with E-state index in [0.29, 0.717) is 5.69 Å². The largest absolute Gasteiger partial charge is 0.394 e. The predicted molar refractivity (Wildman–Crippen MR) is 76.2 cm³/mol. The van der Waals surface area contributed by atoms with Crippen molar-refractivity contribution in [3.05, 3.63) is 35.8 Å². The minimum atomic E-state index is -0.251. The molecule has 0 unspecified atom stereocenters. The highest BCUT2D eigenvalue weighted by Crippen LogP contribution is 2.33. The summed E-state index contributed by atoms with van der Waals surface area (Å²) in [5.41, 5.74) is 8.44. The monoisotopic (exact) mass is 262 g/mol. The summed E-state index contributed by atoms with van der Waals surface area (Å²) < 4.78 is 14.9. The van der Waals surface area contributed by atoms with Crippen LogP contribution in [0.5, 0.6) is 0 Å². The van der Waals surface area contributed by atoms with Crippen molar-refractivity contribution < 1.29 is 4.39 Å². The molecule has 0 aliphatic carbocycles. The fraction of sp³-hybridized carbons (Fsp3) is 0.357. The molecule has 1 aromatic heterocycles. The van der Waals surface area contributed by atoms with Crippen LogP contribution in [0.1, 0.15) is 25.6 Å². The van der Waals surface area contributed by atoms with E-state index >= 15 is 0 Å². The quantitative estimate of drug-likeness (QED) is 0.923. The summed E-state index contributed by atoms with van der Waals surface area (Å²) in [5.74, 6) is 0.581. The third kappa shape index (κ3) is 2.41. The molecule has 0 aliphatic rings. The second-order valence-electron chi connectivity index (χ2n) is 4.90. The number of nitrogens with zero attached hydrogens (tertiary/aromatic N) is 3. The van der Waals surface area contributed by atoms with Gasteiger partial charge >= 0.3 is 0 Å². The number of benzene rings is 1. The van der Waals surface area contributed by atoms with Crippen molar-refractivity contribution in [1.82, 2.24) is 9.78 Å². The molecule has 0 saturated carbocycles. The Morgan fingerprint density at radius 1 is 1.26 bits per heavy atom. The zero-order chi connectivity index (χ0) is 14.2. The van der Waals surface area contributed by atoms with Crippen molar-refractivity contribution in [3.8, 4) is 0 Å². The lowest BCUT2D eigenvalue weighted by atomic mass is 10.2. The van der Waals surface area contributed by atoms with Gasteiger partial charge in [-0.2, -0.15) is 5.10 Å². The van der Waals surface area contributed by atoms with Gasteiger partial charge in [0.1, 0.15) is 5.82 Å². The molecule has 0 fully saturated rings. The first-order chi connectivity index (χ1) is 8.91. The maximum Gasteiger partial charge on any atom is 0.155 e. The second-order valence-corrected chi connectivity index (χ2v) is 4.90. The molecule has 1 heterocycles. The van der Waals surface area contributed by atoms with E-state index in [1.165, 1.54) is 12.1 Å². The molecule has 1 aromatic carbocycles. The van der Waals surface area contributed by atoms with Crippen molar-refractivity contribution in [1.29, 1.82) is 0 Å². The summed E-state index contributed by atoms with van der Waals surface area (Å²) in [7, 11) is 1.90. The first-order valence-electron chi connectivity index (χ1n) is 6.25. The Morgan fingerprint density at radius 2 is 1.84 bits per heavy atom. The molecule has 0 bridgehead atoms. The van der Waals surface area contributed by atoms with Gasteiger partial charge in [-0.25, -0.2) is 9.07 Å². The first-order valence-corrected chi connectivity index (χ1v) is 6.25. The molecule has 0 amide bonds. The van der Waals surface area contributed by atoms with Crippen LogP contribution in [0, 0.1) is 12.7 Å². The van der Waals surface area contributed by atoms with E-state index in [9.17, 15) is 4.39 Å². The van der Waals surface area contributed by atoms with Gasteiger partial charge in [-0.05, 0) is 45.0 Å². The molecule has 0 spiro atoms. The Hall–Kier alpha value is -2.04. The van der Waals surface area contributed by atoms with Crippen LogP contribution < -0.4 is 10.6 Å². The lowest BCUT2D eigenvalue weighted by Gasteiger charge is -2.22.